The Morgan fingerprint density at radius 3 is 2.58 bits per heavy atom. The number of hydrazone groups is 1. The zero-order valence-corrected chi connectivity index (χ0v) is 16.0. The van der Waals surface area contributed by atoms with Crippen molar-refractivity contribution in [3.63, 3.8) is 0 Å². The summed E-state index contributed by atoms with van der Waals surface area (Å²) >= 11 is 3.57. The average molecular weight is 387 g/mol. The van der Waals surface area contributed by atoms with E-state index in [0.717, 1.165) is 42.8 Å². The van der Waals surface area contributed by atoms with Crippen LogP contribution in [0.5, 0.6) is 0 Å². The topological polar surface area (TPSA) is 20.0 Å². The molecule has 126 valence electrons. The van der Waals surface area contributed by atoms with E-state index in [0.29, 0.717) is 0 Å². The molecule has 0 atom stereocenters. The number of rotatable bonds is 4. The highest BCUT2D eigenvalue weighted by Crippen LogP contribution is 2.13. The van der Waals surface area contributed by atoms with E-state index >= 15 is 0 Å². The van der Waals surface area contributed by atoms with Gasteiger partial charge >= 0.3 is 0 Å². The summed E-state index contributed by atoms with van der Waals surface area (Å²) in [6.07, 6.45) is 1.96. The van der Waals surface area contributed by atoms with Gasteiger partial charge in [0.15, 0.2) is 0 Å². The summed E-state index contributed by atoms with van der Waals surface area (Å²) in [5.41, 5.74) is 5.36. The summed E-state index contributed by atoms with van der Waals surface area (Å²) < 4.78 is 1.09. The van der Waals surface area contributed by atoms with Gasteiger partial charge in [0.25, 0.3) is 0 Å². The second kappa shape index (κ2) is 7.95. The Hall–Kier alpha value is -1.65. The normalized spacial score (nSPS) is 16.0. The van der Waals surface area contributed by atoms with Crippen molar-refractivity contribution in [1.82, 2.24) is 5.01 Å². The number of hydrogen-bond acceptors (Lipinski definition) is 2. The molecule has 0 spiro atoms. The first kappa shape index (κ1) is 17.2. The summed E-state index contributed by atoms with van der Waals surface area (Å²) in [6.45, 7) is 9.81. The molecular weight excluding hydrogens is 362 g/mol. The molecule has 0 bridgehead atoms. The fraction of sp³-hybridized carbons (Fsp3) is 0.350. The second-order valence-electron chi connectivity index (χ2n) is 6.58. The van der Waals surface area contributed by atoms with Crippen LogP contribution in [0, 0.1) is 13.8 Å². The van der Waals surface area contributed by atoms with Crippen molar-refractivity contribution in [1.29, 1.82) is 0 Å². The number of nitrogens with one attached hydrogen (secondary N) is 1. The fourth-order valence-electron chi connectivity index (χ4n) is 3.14. The Kier molecular flexibility index (Phi) is 5.69. The van der Waals surface area contributed by atoms with Gasteiger partial charge in [-0.3, -0.25) is 5.01 Å². The van der Waals surface area contributed by atoms with Crippen LogP contribution >= 0.6 is 15.9 Å². The number of piperazine rings is 1. The van der Waals surface area contributed by atoms with Crippen LogP contribution in [0.25, 0.3) is 0 Å². The minimum Gasteiger partial charge on any atom is -0.328 e. The molecule has 1 fully saturated rings. The van der Waals surface area contributed by atoms with Crippen LogP contribution in [-0.4, -0.2) is 37.4 Å². The Balaban J connectivity index is 1.53. The summed E-state index contributed by atoms with van der Waals surface area (Å²) in [4.78, 5) is 1.65. The Bertz CT molecular complexity index is 719. The first-order valence-electron chi connectivity index (χ1n) is 8.55. The molecular formula is C20H25BrN3+. The van der Waals surface area contributed by atoms with E-state index in [1.165, 1.54) is 16.7 Å². The van der Waals surface area contributed by atoms with Crippen molar-refractivity contribution in [2.75, 3.05) is 26.2 Å². The molecule has 3 rings (SSSR count). The Morgan fingerprint density at radius 1 is 1.12 bits per heavy atom. The van der Waals surface area contributed by atoms with E-state index in [9.17, 15) is 0 Å². The zero-order valence-electron chi connectivity index (χ0n) is 14.4. The molecule has 2 aromatic rings. The quantitative estimate of drug-likeness (QED) is 0.800. The molecule has 2 aromatic carbocycles. The molecule has 0 unspecified atom stereocenters. The molecule has 0 amide bonds. The number of quaternary nitrogens is 1. The van der Waals surface area contributed by atoms with Crippen molar-refractivity contribution in [3.05, 3.63) is 69.2 Å². The van der Waals surface area contributed by atoms with Gasteiger partial charge in [-0.25, -0.2) is 0 Å². The minimum atomic E-state index is 1.02. The molecule has 24 heavy (non-hydrogen) atoms. The first-order chi connectivity index (χ1) is 11.6. The highest BCUT2D eigenvalue weighted by atomic mass is 79.9. The fourth-order valence-corrected chi connectivity index (χ4v) is 3.53. The van der Waals surface area contributed by atoms with Gasteiger partial charge in [-0.15, -0.1) is 0 Å². The lowest BCUT2D eigenvalue weighted by molar-refractivity contribution is -0.918. The summed E-state index contributed by atoms with van der Waals surface area (Å²) in [5.74, 6) is 0. The van der Waals surface area contributed by atoms with Gasteiger partial charge in [0, 0.05) is 15.6 Å². The summed E-state index contributed by atoms with van der Waals surface area (Å²) in [7, 11) is 0. The van der Waals surface area contributed by atoms with Crippen molar-refractivity contribution >= 4 is 22.1 Å². The maximum absolute atomic E-state index is 4.65. The van der Waals surface area contributed by atoms with Gasteiger partial charge in [0.2, 0.25) is 0 Å². The second-order valence-corrected chi connectivity index (χ2v) is 7.43. The van der Waals surface area contributed by atoms with Crippen LogP contribution in [0.15, 0.2) is 52.0 Å². The number of benzene rings is 2. The van der Waals surface area contributed by atoms with Gasteiger partial charge in [0.05, 0.1) is 32.4 Å². The van der Waals surface area contributed by atoms with Gasteiger partial charge < -0.3 is 4.90 Å². The minimum absolute atomic E-state index is 1.02. The molecule has 4 heteroatoms. The van der Waals surface area contributed by atoms with Gasteiger partial charge in [-0.05, 0) is 25.5 Å². The van der Waals surface area contributed by atoms with Crippen molar-refractivity contribution in [2.45, 2.75) is 20.4 Å². The van der Waals surface area contributed by atoms with E-state index < -0.39 is 0 Å². The summed E-state index contributed by atoms with van der Waals surface area (Å²) in [6, 6.07) is 15.0. The molecule has 1 saturated heterocycles. The predicted octanol–water partition coefficient (Wildman–Crippen LogP) is 2.80. The first-order valence-corrected chi connectivity index (χ1v) is 9.34. The average Bonchev–Trinajstić information content (AvgIpc) is 2.58. The number of halogens is 1. The SMILES string of the molecule is Cc1ccc(C[NH+]2CCN(/N=C\c3ccccc3Br)CC2)c(C)c1. The number of aryl methyl sites for hydroxylation is 2. The van der Waals surface area contributed by atoms with E-state index in [2.05, 4.69) is 64.2 Å². The van der Waals surface area contributed by atoms with Crippen LogP contribution in [0.1, 0.15) is 22.3 Å². The smallest absolute Gasteiger partial charge is 0.103 e. The molecule has 0 aliphatic carbocycles. The van der Waals surface area contributed by atoms with Gasteiger partial charge in [0.1, 0.15) is 6.54 Å². The van der Waals surface area contributed by atoms with Gasteiger partial charge in [-0.1, -0.05) is 57.9 Å². The molecule has 3 nitrogen and oxygen atoms in total. The lowest BCUT2D eigenvalue weighted by Crippen LogP contribution is -3.13. The highest BCUT2D eigenvalue weighted by Gasteiger charge is 2.19. The van der Waals surface area contributed by atoms with Crippen LogP contribution < -0.4 is 4.90 Å². The predicted molar refractivity (Wildman–Crippen MR) is 104 cm³/mol. The van der Waals surface area contributed by atoms with E-state index in [4.69, 9.17) is 0 Å². The third-order valence-corrected chi connectivity index (χ3v) is 5.37. The maximum Gasteiger partial charge on any atom is 0.103 e. The van der Waals surface area contributed by atoms with Crippen molar-refractivity contribution in [2.24, 2.45) is 5.10 Å². The molecule has 0 saturated carbocycles. The van der Waals surface area contributed by atoms with Gasteiger partial charge in [-0.2, -0.15) is 5.10 Å². The Labute approximate surface area is 153 Å². The molecule has 1 heterocycles. The molecule has 0 aromatic heterocycles. The zero-order chi connectivity index (χ0) is 16.9. The molecule has 1 aliphatic rings. The van der Waals surface area contributed by atoms with E-state index in [-0.39, 0.29) is 0 Å². The van der Waals surface area contributed by atoms with Crippen LogP contribution in [0.4, 0.5) is 0 Å². The lowest BCUT2D eigenvalue weighted by atomic mass is 10.1. The van der Waals surface area contributed by atoms with E-state index in [1.54, 1.807) is 4.90 Å². The summed E-state index contributed by atoms with van der Waals surface area (Å²) in [5, 5.41) is 6.84. The number of nitrogens with zero attached hydrogens (tertiary/aromatic N) is 2. The maximum atomic E-state index is 4.65. The highest BCUT2D eigenvalue weighted by molar-refractivity contribution is 9.10. The van der Waals surface area contributed by atoms with E-state index in [1.807, 2.05) is 24.4 Å². The lowest BCUT2D eigenvalue weighted by Gasteiger charge is -2.30. The monoisotopic (exact) mass is 386 g/mol. The van der Waals surface area contributed by atoms with Crippen LogP contribution in [0.2, 0.25) is 0 Å². The third kappa shape index (κ3) is 4.46. The Morgan fingerprint density at radius 2 is 1.88 bits per heavy atom. The van der Waals surface area contributed by atoms with Crippen LogP contribution in [0.3, 0.4) is 0 Å². The molecule has 0 radical (unpaired) electrons. The third-order valence-electron chi connectivity index (χ3n) is 4.65. The molecule has 1 aliphatic heterocycles. The standard InChI is InChI=1S/C20H24BrN3/c1-16-7-8-19(17(2)13-16)15-23-9-11-24(12-10-23)22-14-18-5-3-4-6-20(18)21/h3-8,13-14H,9-12,15H2,1-2H3/p+1/b22-14-. The molecule has 1 N–H and O–H groups in total. The van der Waals surface area contributed by atoms with Crippen LogP contribution in [-0.2, 0) is 6.54 Å². The van der Waals surface area contributed by atoms with Crippen molar-refractivity contribution in [3.8, 4) is 0 Å². The van der Waals surface area contributed by atoms with Crippen molar-refractivity contribution < 1.29 is 4.90 Å². The number of hydrogen-bond donors (Lipinski definition) is 1. The largest absolute Gasteiger partial charge is 0.328 e.